The highest BCUT2D eigenvalue weighted by Gasteiger charge is 2.57. The van der Waals surface area contributed by atoms with Crippen molar-refractivity contribution in [2.45, 2.75) is 31.1 Å². The number of anilines is 3. The largest absolute Gasteiger partial charge is 0.309 e. The molecule has 3 aliphatic carbocycles. The van der Waals surface area contributed by atoms with E-state index in [1.807, 2.05) is 0 Å². The summed E-state index contributed by atoms with van der Waals surface area (Å²) in [4.78, 5) is 2.60. The van der Waals surface area contributed by atoms with E-state index in [0.717, 1.165) is 11.8 Å². The van der Waals surface area contributed by atoms with Gasteiger partial charge in [-0.05, 0) is 87.5 Å². The van der Waals surface area contributed by atoms with Crippen LogP contribution in [0, 0.1) is 11.8 Å². The molecule has 7 aromatic rings. The monoisotopic (exact) mass is 563 g/mol. The summed E-state index contributed by atoms with van der Waals surface area (Å²) >= 11 is 0. The standard InChI is InChI=1S/C43H33N/c1-4-15-33-29(11-1)13-9-21-39(33)44(41-26-30-12-2-3-14-32(30)34-16-5-6-17-35(34)41)40-22-10-20-38-42(40)36-18-7-8-19-37(36)43(38)27-28-23-24-31(43)25-28/h1-22,26,28,31H,23-25,27H2. The van der Waals surface area contributed by atoms with Crippen LogP contribution in [0.4, 0.5) is 17.1 Å². The molecule has 0 saturated heterocycles. The molecule has 3 unspecified atom stereocenters. The highest BCUT2D eigenvalue weighted by Crippen LogP contribution is 2.67. The summed E-state index contributed by atoms with van der Waals surface area (Å²) in [5, 5.41) is 7.67. The average molecular weight is 564 g/mol. The van der Waals surface area contributed by atoms with Crippen LogP contribution in [0.15, 0.2) is 140 Å². The molecule has 44 heavy (non-hydrogen) atoms. The smallest absolute Gasteiger partial charge is 0.0546 e. The number of nitrogens with zero attached hydrogens (tertiary/aromatic N) is 1. The van der Waals surface area contributed by atoms with Crippen molar-refractivity contribution in [2.75, 3.05) is 4.90 Å². The van der Waals surface area contributed by atoms with Crippen LogP contribution < -0.4 is 4.90 Å². The summed E-state index contributed by atoms with van der Waals surface area (Å²) < 4.78 is 0. The molecule has 1 spiro atoms. The number of rotatable bonds is 3. The minimum absolute atomic E-state index is 0.140. The van der Waals surface area contributed by atoms with Crippen LogP contribution in [0.25, 0.3) is 43.4 Å². The highest BCUT2D eigenvalue weighted by molar-refractivity contribution is 6.16. The van der Waals surface area contributed by atoms with Crippen molar-refractivity contribution in [3.63, 3.8) is 0 Å². The van der Waals surface area contributed by atoms with Crippen molar-refractivity contribution in [3.8, 4) is 11.1 Å². The van der Waals surface area contributed by atoms with Gasteiger partial charge in [0.05, 0.1) is 17.1 Å². The number of benzene rings is 7. The molecule has 210 valence electrons. The Morgan fingerprint density at radius 3 is 2.00 bits per heavy atom. The van der Waals surface area contributed by atoms with E-state index < -0.39 is 0 Å². The lowest BCUT2D eigenvalue weighted by molar-refractivity contribution is 0.327. The van der Waals surface area contributed by atoms with Gasteiger partial charge in [-0.3, -0.25) is 0 Å². The van der Waals surface area contributed by atoms with Crippen LogP contribution in [0.5, 0.6) is 0 Å². The first-order chi connectivity index (χ1) is 21.8. The Balaban J connectivity index is 1.34. The molecular weight excluding hydrogens is 530 g/mol. The summed E-state index contributed by atoms with van der Waals surface area (Å²) in [7, 11) is 0. The Labute approximate surface area is 258 Å². The first-order valence-corrected chi connectivity index (χ1v) is 16.2. The Morgan fingerprint density at radius 1 is 0.500 bits per heavy atom. The van der Waals surface area contributed by atoms with Gasteiger partial charge in [-0.1, -0.05) is 128 Å². The summed E-state index contributed by atoms with van der Waals surface area (Å²) in [6.45, 7) is 0. The van der Waals surface area contributed by atoms with Gasteiger partial charge in [-0.15, -0.1) is 0 Å². The third kappa shape index (κ3) is 3.19. The fraction of sp³-hybridized carbons (Fsp3) is 0.163. The Hall–Kier alpha value is -4.88. The van der Waals surface area contributed by atoms with Crippen LogP contribution in [0.1, 0.15) is 36.8 Å². The van der Waals surface area contributed by atoms with Crippen molar-refractivity contribution in [1.82, 2.24) is 0 Å². The fourth-order valence-corrected chi connectivity index (χ4v) is 9.62. The average Bonchev–Trinajstić information content (AvgIpc) is 3.78. The molecule has 7 aromatic carbocycles. The van der Waals surface area contributed by atoms with Crippen LogP contribution in [0.2, 0.25) is 0 Å². The van der Waals surface area contributed by atoms with Gasteiger partial charge in [0.2, 0.25) is 0 Å². The predicted molar refractivity (Wildman–Crippen MR) is 185 cm³/mol. The first kappa shape index (κ1) is 24.6. The molecule has 0 aliphatic heterocycles. The Kier molecular flexibility index (Phi) is 5.06. The SMILES string of the molecule is c1ccc2c(c1)-c1c(N(c3cccc4ccccc34)c3cc4ccccc4c4ccccc34)cccc1C21CC2CCC1C2. The van der Waals surface area contributed by atoms with Crippen LogP contribution in [-0.2, 0) is 5.41 Å². The fourth-order valence-electron chi connectivity index (χ4n) is 9.62. The molecule has 0 amide bonds. The maximum absolute atomic E-state index is 2.60. The second-order valence-electron chi connectivity index (χ2n) is 13.3. The third-order valence-electron chi connectivity index (χ3n) is 11.3. The van der Waals surface area contributed by atoms with Gasteiger partial charge in [0.1, 0.15) is 0 Å². The molecule has 0 heterocycles. The zero-order valence-electron chi connectivity index (χ0n) is 24.7. The van der Waals surface area contributed by atoms with Gasteiger partial charge in [0.25, 0.3) is 0 Å². The Morgan fingerprint density at radius 2 is 1.16 bits per heavy atom. The van der Waals surface area contributed by atoms with Gasteiger partial charge in [0.15, 0.2) is 0 Å². The third-order valence-corrected chi connectivity index (χ3v) is 11.3. The van der Waals surface area contributed by atoms with E-state index in [0.29, 0.717) is 0 Å². The van der Waals surface area contributed by atoms with Crippen LogP contribution in [-0.4, -0.2) is 0 Å². The van der Waals surface area contributed by atoms with Crippen LogP contribution >= 0.6 is 0 Å². The van der Waals surface area contributed by atoms with Gasteiger partial charge in [0, 0.05) is 21.8 Å². The molecule has 1 heteroatoms. The minimum Gasteiger partial charge on any atom is -0.309 e. The van der Waals surface area contributed by atoms with Crippen LogP contribution in [0.3, 0.4) is 0 Å². The predicted octanol–water partition coefficient (Wildman–Crippen LogP) is 11.7. The van der Waals surface area contributed by atoms with E-state index >= 15 is 0 Å². The second kappa shape index (κ2) is 9.07. The zero-order valence-corrected chi connectivity index (χ0v) is 24.7. The summed E-state index contributed by atoms with van der Waals surface area (Å²) in [5.74, 6) is 1.58. The lowest BCUT2D eigenvalue weighted by Gasteiger charge is -2.37. The molecule has 1 nitrogen and oxygen atoms in total. The van der Waals surface area contributed by atoms with E-state index in [1.54, 1.807) is 11.1 Å². The van der Waals surface area contributed by atoms with E-state index in [9.17, 15) is 0 Å². The normalized spacial score (nSPS) is 21.4. The summed E-state index contributed by atoms with van der Waals surface area (Å²) in [6.07, 6.45) is 5.42. The second-order valence-corrected chi connectivity index (χ2v) is 13.3. The molecule has 3 atom stereocenters. The quantitative estimate of drug-likeness (QED) is 0.193. The molecule has 2 saturated carbocycles. The molecule has 10 rings (SSSR count). The molecular formula is C43H33N. The van der Waals surface area contributed by atoms with Crippen molar-refractivity contribution in [3.05, 3.63) is 151 Å². The molecule has 0 radical (unpaired) electrons. The Bertz CT molecular complexity index is 2270. The van der Waals surface area contributed by atoms with Gasteiger partial charge in [-0.2, -0.15) is 0 Å². The van der Waals surface area contributed by atoms with E-state index in [1.165, 1.54) is 86.2 Å². The van der Waals surface area contributed by atoms with Gasteiger partial charge >= 0.3 is 0 Å². The van der Waals surface area contributed by atoms with Crippen molar-refractivity contribution in [1.29, 1.82) is 0 Å². The summed E-state index contributed by atoms with van der Waals surface area (Å²) in [6, 6.07) is 52.5. The number of hydrogen-bond acceptors (Lipinski definition) is 1. The van der Waals surface area contributed by atoms with Crippen molar-refractivity contribution in [2.24, 2.45) is 11.8 Å². The topological polar surface area (TPSA) is 3.24 Å². The van der Waals surface area contributed by atoms with E-state index in [2.05, 4.69) is 144 Å². The molecule has 2 bridgehead atoms. The first-order valence-electron chi connectivity index (χ1n) is 16.2. The molecule has 3 aliphatic rings. The lowest BCUT2D eigenvalue weighted by atomic mass is 9.67. The summed E-state index contributed by atoms with van der Waals surface area (Å²) in [5.41, 5.74) is 9.86. The maximum Gasteiger partial charge on any atom is 0.0546 e. The van der Waals surface area contributed by atoms with Crippen molar-refractivity contribution >= 4 is 49.4 Å². The number of fused-ring (bicyclic) bond motifs is 12. The minimum atomic E-state index is 0.140. The lowest BCUT2D eigenvalue weighted by Crippen LogP contribution is -2.31. The van der Waals surface area contributed by atoms with E-state index in [4.69, 9.17) is 0 Å². The van der Waals surface area contributed by atoms with Gasteiger partial charge in [-0.25, -0.2) is 0 Å². The maximum atomic E-state index is 2.60. The van der Waals surface area contributed by atoms with E-state index in [-0.39, 0.29) is 5.41 Å². The van der Waals surface area contributed by atoms with Crippen molar-refractivity contribution < 1.29 is 0 Å². The molecule has 0 aromatic heterocycles. The number of hydrogen-bond donors (Lipinski definition) is 0. The van der Waals surface area contributed by atoms with Gasteiger partial charge < -0.3 is 4.90 Å². The highest BCUT2D eigenvalue weighted by atomic mass is 15.1. The molecule has 0 N–H and O–H groups in total. The molecule has 2 fully saturated rings. The zero-order chi connectivity index (χ0) is 28.8.